The lowest BCUT2D eigenvalue weighted by atomic mass is 10.3. The van der Waals surface area contributed by atoms with Crippen LogP contribution in [0, 0.1) is 0 Å². The molecule has 1 heterocycles. The van der Waals surface area contributed by atoms with Gasteiger partial charge in [0.2, 0.25) is 0 Å². The zero-order chi connectivity index (χ0) is 13.7. The number of carbonyl (C=O) groups is 3. The van der Waals surface area contributed by atoms with Crippen molar-refractivity contribution in [3.8, 4) is 0 Å². The minimum absolute atomic E-state index is 0.138. The van der Waals surface area contributed by atoms with E-state index >= 15 is 0 Å². The summed E-state index contributed by atoms with van der Waals surface area (Å²) >= 11 is 1.44. The second-order valence-electron chi connectivity index (χ2n) is 4.21. The number of amides is 3. The average molecular weight is 282 g/mol. The molecule has 1 fully saturated rings. The molecule has 7 heteroatoms. The van der Waals surface area contributed by atoms with Crippen molar-refractivity contribution in [2.75, 3.05) is 6.61 Å². The molecule has 2 rings (SSSR count). The molecule has 6 nitrogen and oxygen atoms in total. The number of esters is 1. The van der Waals surface area contributed by atoms with Gasteiger partial charge in [0.15, 0.2) is 6.61 Å². The molecule has 0 saturated heterocycles. The Kier molecular flexibility index (Phi) is 4.51. The number of rotatable bonds is 5. The van der Waals surface area contributed by atoms with Crippen LogP contribution in [0.15, 0.2) is 17.5 Å². The molecule has 1 aliphatic rings. The zero-order valence-corrected chi connectivity index (χ0v) is 11.0. The number of nitrogens with one attached hydrogen (secondary N) is 2. The molecule has 102 valence electrons. The van der Waals surface area contributed by atoms with Gasteiger partial charge < -0.3 is 10.1 Å². The molecular formula is C12H14N2O4S. The minimum Gasteiger partial charge on any atom is -0.455 e. The van der Waals surface area contributed by atoms with Gasteiger partial charge in [0.25, 0.3) is 5.91 Å². The third kappa shape index (κ3) is 5.09. The molecule has 0 aromatic carbocycles. The minimum atomic E-state index is -0.627. The number of carbonyl (C=O) groups excluding carboxylic acids is 3. The van der Waals surface area contributed by atoms with E-state index in [4.69, 9.17) is 4.74 Å². The normalized spacial score (nSPS) is 13.7. The van der Waals surface area contributed by atoms with Crippen molar-refractivity contribution < 1.29 is 19.1 Å². The highest BCUT2D eigenvalue weighted by molar-refractivity contribution is 7.10. The Morgan fingerprint density at radius 3 is 2.79 bits per heavy atom. The van der Waals surface area contributed by atoms with Gasteiger partial charge in [0.05, 0.1) is 6.42 Å². The maximum absolute atomic E-state index is 11.4. The molecule has 1 saturated carbocycles. The fourth-order valence-electron chi connectivity index (χ4n) is 1.36. The molecule has 1 aliphatic carbocycles. The van der Waals surface area contributed by atoms with E-state index in [-0.39, 0.29) is 12.5 Å². The van der Waals surface area contributed by atoms with Crippen LogP contribution in [-0.2, 0) is 20.7 Å². The molecule has 0 aliphatic heterocycles. The number of urea groups is 1. The molecule has 0 bridgehead atoms. The van der Waals surface area contributed by atoms with Crippen LogP contribution < -0.4 is 10.6 Å². The van der Waals surface area contributed by atoms with Gasteiger partial charge in [-0.15, -0.1) is 11.3 Å². The Bertz CT molecular complexity index is 468. The van der Waals surface area contributed by atoms with E-state index in [2.05, 4.69) is 10.6 Å². The van der Waals surface area contributed by atoms with Gasteiger partial charge in [-0.3, -0.25) is 14.9 Å². The van der Waals surface area contributed by atoms with Crippen molar-refractivity contribution in [2.24, 2.45) is 0 Å². The Morgan fingerprint density at radius 2 is 2.16 bits per heavy atom. The first-order chi connectivity index (χ1) is 9.13. The third-order valence-electron chi connectivity index (χ3n) is 2.43. The Morgan fingerprint density at radius 1 is 1.37 bits per heavy atom. The summed E-state index contributed by atoms with van der Waals surface area (Å²) in [7, 11) is 0. The van der Waals surface area contributed by atoms with Crippen molar-refractivity contribution in [1.29, 1.82) is 0 Å². The van der Waals surface area contributed by atoms with Gasteiger partial charge >= 0.3 is 12.0 Å². The predicted molar refractivity (Wildman–Crippen MR) is 68.7 cm³/mol. The quantitative estimate of drug-likeness (QED) is 0.783. The first kappa shape index (κ1) is 13.5. The van der Waals surface area contributed by atoms with Crippen LogP contribution in [0.3, 0.4) is 0 Å². The number of ether oxygens (including phenoxy) is 1. The van der Waals surface area contributed by atoms with Crippen LogP contribution in [0.25, 0.3) is 0 Å². The third-order valence-corrected chi connectivity index (χ3v) is 3.30. The van der Waals surface area contributed by atoms with E-state index in [1.165, 1.54) is 11.3 Å². The predicted octanol–water partition coefficient (Wildman–Crippen LogP) is 0.822. The summed E-state index contributed by atoms with van der Waals surface area (Å²) in [5, 5.41) is 6.56. The maximum Gasteiger partial charge on any atom is 0.321 e. The topological polar surface area (TPSA) is 84.5 Å². The average Bonchev–Trinajstić information content (AvgIpc) is 3.01. The summed E-state index contributed by atoms with van der Waals surface area (Å²) < 4.78 is 4.77. The molecule has 0 unspecified atom stereocenters. The van der Waals surface area contributed by atoms with E-state index in [1.54, 1.807) is 0 Å². The molecule has 0 atom stereocenters. The van der Waals surface area contributed by atoms with Crippen molar-refractivity contribution >= 4 is 29.2 Å². The highest BCUT2D eigenvalue weighted by Crippen LogP contribution is 2.18. The number of imide groups is 1. The summed E-state index contributed by atoms with van der Waals surface area (Å²) in [6.07, 6.45) is 2.02. The van der Waals surface area contributed by atoms with Crippen molar-refractivity contribution in [3.63, 3.8) is 0 Å². The zero-order valence-electron chi connectivity index (χ0n) is 10.2. The molecule has 19 heavy (non-hydrogen) atoms. The van der Waals surface area contributed by atoms with E-state index in [0.717, 1.165) is 17.7 Å². The van der Waals surface area contributed by atoms with E-state index in [0.29, 0.717) is 0 Å². The van der Waals surface area contributed by atoms with Crippen LogP contribution in [0.4, 0.5) is 4.79 Å². The molecule has 3 amide bonds. The smallest absolute Gasteiger partial charge is 0.321 e. The van der Waals surface area contributed by atoms with Crippen molar-refractivity contribution in [1.82, 2.24) is 10.6 Å². The highest BCUT2D eigenvalue weighted by atomic mass is 32.1. The fourth-order valence-corrected chi connectivity index (χ4v) is 2.05. The molecule has 1 aromatic rings. The van der Waals surface area contributed by atoms with Gasteiger partial charge in [-0.05, 0) is 24.3 Å². The lowest BCUT2D eigenvalue weighted by Crippen LogP contribution is -2.42. The number of hydrogen-bond acceptors (Lipinski definition) is 5. The van der Waals surface area contributed by atoms with Crippen LogP contribution in [0.1, 0.15) is 17.7 Å². The van der Waals surface area contributed by atoms with E-state index < -0.39 is 24.5 Å². The summed E-state index contributed by atoms with van der Waals surface area (Å²) in [5.74, 6) is -1.11. The van der Waals surface area contributed by atoms with Crippen LogP contribution >= 0.6 is 11.3 Å². The summed E-state index contributed by atoms with van der Waals surface area (Å²) in [6.45, 7) is -0.442. The van der Waals surface area contributed by atoms with Gasteiger partial charge in [-0.1, -0.05) is 6.07 Å². The highest BCUT2D eigenvalue weighted by Gasteiger charge is 2.24. The van der Waals surface area contributed by atoms with Crippen molar-refractivity contribution in [2.45, 2.75) is 25.3 Å². The molecule has 0 radical (unpaired) electrons. The fraction of sp³-hybridized carbons (Fsp3) is 0.417. The number of hydrogen-bond donors (Lipinski definition) is 2. The largest absolute Gasteiger partial charge is 0.455 e. The van der Waals surface area contributed by atoms with Crippen LogP contribution in [0.5, 0.6) is 0 Å². The molecule has 0 spiro atoms. The summed E-state index contributed by atoms with van der Waals surface area (Å²) in [5.41, 5.74) is 0. The number of thiophene rings is 1. The molecule has 1 aromatic heterocycles. The van der Waals surface area contributed by atoms with Crippen molar-refractivity contribution in [3.05, 3.63) is 22.4 Å². The second kappa shape index (κ2) is 6.33. The van der Waals surface area contributed by atoms with Crippen LogP contribution in [0.2, 0.25) is 0 Å². The Hall–Kier alpha value is -1.89. The van der Waals surface area contributed by atoms with Gasteiger partial charge in [-0.2, -0.15) is 0 Å². The Balaban J connectivity index is 1.62. The summed E-state index contributed by atoms with van der Waals surface area (Å²) in [6, 6.07) is 3.29. The lowest BCUT2D eigenvalue weighted by Gasteiger charge is -2.06. The standard InChI is InChI=1S/C12H14N2O4S/c15-10(14-12(17)13-8-3-4-8)7-18-11(16)6-9-2-1-5-19-9/h1-2,5,8H,3-4,6-7H2,(H2,13,14,15,17). The first-order valence-corrected chi connectivity index (χ1v) is 6.80. The van der Waals surface area contributed by atoms with Gasteiger partial charge in [0.1, 0.15) is 0 Å². The maximum atomic E-state index is 11.4. The monoisotopic (exact) mass is 282 g/mol. The van der Waals surface area contributed by atoms with E-state index in [9.17, 15) is 14.4 Å². The Labute approximate surface area is 114 Å². The van der Waals surface area contributed by atoms with Gasteiger partial charge in [0, 0.05) is 10.9 Å². The molecule has 2 N–H and O–H groups in total. The van der Waals surface area contributed by atoms with Gasteiger partial charge in [-0.25, -0.2) is 4.79 Å². The first-order valence-electron chi connectivity index (χ1n) is 5.92. The van der Waals surface area contributed by atoms with E-state index in [1.807, 2.05) is 17.5 Å². The second-order valence-corrected chi connectivity index (χ2v) is 5.24. The van der Waals surface area contributed by atoms with Crippen LogP contribution in [-0.4, -0.2) is 30.6 Å². The lowest BCUT2D eigenvalue weighted by molar-refractivity contribution is -0.147. The molecular weight excluding hydrogens is 268 g/mol. The summed E-state index contributed by atoms with van der Waals surface area (Å²) in [4.78, 5) is 34.8. The SMILES string of the molecule is O=C(COC(=O)Cc1cccs1)NC(=O)NC1CC1.